The number of benzene rings is 1. The number of nitrogens with two attached hydrogens (primary N) is 1. The lowest BCUT2D eigenvalue weighted by atomic mass is 9.93. The van der Waals surface area contributed by atoms with E-state index in [2.05, 4.69) is 40.2 Å². The molecular weight excluding hydrogens is 724 g/mol. The molecule has 7 amide bonds. The summed E-state index contributed by atoms with van der Waals surface area (Å²) in [5.41, 5.74) is 6.02. The van der Waals surface area contributed by atoms with Gasteiger partial charge in [0.2, 0.25) is 29.5 Å². The number of nitrogens with one attached hydrogen (secondary N) is 3. The fraction of sp³-hybridized carbons (Fsp3) is 0.590. The molecule has 0 radical (unpaired) electrons. The zero-order chi connectivity index (χ0) is 41.0. The van der Waals surface area contributed by atoms with Crippen molar-refractivity contribution in [2.24, 2.45) is 5.73 Å². The van der Waals surface area contributed by atoms with Crippen LogP contribution in [0.4, 0.5) is 10.6 Å². The third kappa shape index (κ3) is 12.0. The van der Waals surface area contributed by atoms with Crippen LogP contribution in [0.2, 0.25) is 0 Å². The maximum Gasteiger partial charge on any atom is 0.328 e. The molecule has 5 N–H and O–H groups in total. The molecule has 2 aromatic rings. The van der Waals surface area contributed by atoms with Crippen LogP contribution in [0, 0.1) is 6.92 Å². The molecule has 0 aliphatic carbocycles. The normalized spacial score (nSPS) is 23.2. The van der Waals surface area contributed by atoms with Crippen LogP contribution in [-0.4, -0.2) is 118 Å². The Bertz CT molecular complexity index is 1710. The number of carbonyl (C=O) groups excluding carboxylic acids is 7. The van der Waals surface area contributed by atoms with Crippen LogP contribution in [-0.2, 0) is 38.9 Å². The van der Waals surface area contributed by atoms with E-state index < -0.39 is 42.1 Å². The molecule has 4 aliphatic rings. The second-order valence-electron chi connectivity index (χ2n) is 15.4. The van der Waals surface area contributed by atoms with Crippen molar-refractivity contribution in [3.63, 3.8) is 0 Å². The number of aryl methyl sites for hydroxylation is 1. The molecule has 4 atom stereocenters. The molecule has 5 heterocycles. The van der Waals surface area contributed by atoms with E-state index in [4.69, 9.17) is 15.0 Å². The number of fused-ring (bicyclic) bond motifs is 3. The van der Waals surface area contributed by atoms with Crippen molar-refractivity contribution in [3.05, 3.63) is 47.7 Å². The lowest BCUT2D eigenvalue weighted by molar-refractivity contribution is -0.156. The number of esters is 1. The minimum Gasteiger partial charge on any atom is -0.464 e. The van der Waals surface area contributed by atoms with E-state index in [1.54, 1.807) is 22.8 Å². The molecule has 4 aliphatic heterocycles. The molecule has 0 spiro atoms. The van der Waals surface area contributed by atoms with Gasteiger partial charge >= 0.3 is 12.0 Å². The summed E-state index contributed by atoms with van der Waals surface area (Å²) in [7, 11) is 0. The van der Waals surface area contributed by atoms with E-state index in [-0.39, 0.29) is 54.4 Å². The maximum absolute atomic E-state index is 13.4. The van der Waals surface area contributed by atoms with Crippen molar-refractivity contribution in [2.45, 2.75) is 116 Å². The monoisotopic (exact) mass is 780 g/mol. The van der Waals surface area contributed by atoms with Crippen LogP contribution in [0.1, 0.15) is 90.4 Å². The van der Waals surface area contributed by atoms with E-state index in [1.807, 2.05) is 39.0 Å². The van der Waals surface area contributed by atoms with Crippen molar-refractivity contribution in [2.75, 3.05) is 38.1 Å². The number of carbonyl (C=O) groups is 7. The Labute approximate surface area is 327 Å². The van der Waals surface area contributed by atoms with Gasteiger partial charge in [-0.05, 0) is 58.8 Å². The number of nitrogens with zero attached hydrogens (tertiary/aromatic N) is 4. The second-order valence-corrected chi connectivity index (χ2v) is 15.4. The summed E-state index contributed by atoms with van der Waals surface area (Å²) in [4.78, 5) is 91.2. The molecule has 4 fully saturated rings. The highest BCUT2D eigenvalue weighted by Crippen LogP contribution is 2.27. The predicted octanol–water partition coefficient (Wildman–Crippen LogP) is 2.38. The number of ether oxygens (including phenoxy) is 1. The topological polar surface area (TPSA) is 227 Å². The van der Waals surface area contributed by atoms with Crippen LogP contribution >= 0.6 is 0 Å². The Morgan fingerprint density at radius 1 is 0.875 bits per heavy atom. The highest BCUT2D eigenvalue weighted by molar-refractivity contribution is 5.96. The zero-order valence-electron chi connectivity index (χ0n) is 33.0. The van der Waals surface area contributed by atoms with E-state index >= 15 is 0 Å². The summed E-state index contributed by atoms with van der Waals surface area (Å²) in [6, 6.07) is 8.57. The molecule has 4 saturated heterocycles. The van der Waals surface area contributed by atoms with Crippen molar-refractivity contribution in [3.8, 4) is 0 Å². The fourth-order valence-electron chi connectivity index (χ4n) is 6.91. The molecule has 0 bridgehead atoms. The number of urea groups is 1. The van der Waals surface area contributed by atoms with Crippen LogP contribution in [0.3, 0.4) is 0 Å². The van der Waals surface area contributed by atoms with Gasteiger partial charge in [-0.1, -0.05) is 61.8 Å². The molecule has 6 rings (SSSR count). The van der Waals surface area contributed by atoms with Crippen molar-refractivity contribution < 1.29 is 42.8 Å². The standard InChI is InChI=1S/C22H32N4O6.C10H16N4O3.C7H8/c1-14-20(29)26-12-5-8-17(26)22(31)32-13-9-18(27)24-11-4-7-16(24)21(30)25-10-3-2-6-15(25)19(28)23-14;1-10(2,3)6-4-8(14-17-6)13-9(16)12-5-7(11)15;1-7-5-3-2-4-6-7/h14-17H,2-13H2,1H3,(H,23,28);4H,5H2,1-3H3,(H2,11,15)(H2,12,13,14,16);2-6H,1H3. The average molecular weight is 781 g/mol. The lowest BCUT2D eigenvalue weighted by Crippen LogP contribution is -2.59. The second kappa shape index (κ2) is 19.9. The quantitative estimate of drug-likeness (QED) is 0.333. The first-order chi connectivity index (χ1) is 26.6. The molecule has 17 nitrogen and oxygen atoms in total. The number of hydrogen-bond donors (Lipinski definition) is 4. The van der Waals surface area contributed by atoms with Gasteiger partial charge in [0.25, 0.3) is 0 Å². The summed E-state index contributed by atoms with van der Waals surface area (Å²) in [6.45, 7) is 10.6. The van der Waals surface area contributed by atoms with Crippen molar-refractivity contribution in [1.82, 2.24) is 30.5 Å². The Balaban J connectivity index is 0.000000240. The van der Waals surface area contributed by atoms with Gasteiger partial charge in [0.1, 0.15) is 36.5 Å². The Morgan fingerprint density at radius 3 is 2.12 bits per heavy atom. The number of primary amides is 1. The van der Waals surface area contributed by atoms with E-state index in [9.17, 15) is 33.6 Å². The van der Waals surface area contributed by atoms with Gasteiger partial charge in [0, 0.05) is 31.1 Å². The fourth-order valence-corrected chi connectivity index (χ4v) is 6.91. The zero-order valence-corrected chi connectivity index (χ0v) is 33.0. The van der Waals surface area contributed by atoms with Gasteiger partial charge in [0.05, 0.1) is 13.0 Å². The highest BCUT2D eigenvalue weighted by Gasteiger charge is 2.43. The van der Waals surface area contributed by atoms with Crippen LogP contribution in [0.25, 0.3) is 0 Å². The molecule has 1 aromatic carbocycles. The largest absolute Gasteiger partial charge is 0.464 e. The minimum atomic E-state index is -0.813. The third-order valence-corrected chi connectivity index (χ3v) is 9.90. The first-order valence-corrected chi connectivity index (χ1v) is 19.3. The number of aromatic nitrogens is 1. The SMILES string of the molecule is CC(C)(C)c1cc(NC(=O)NCC(N)=O)no1.CC1NC(=O)C2CCCCN2C(=O)C2CCCN2C(=O)CCOC(=O)C2CCCN2C1=O.Cc1ccccc1. The molecule has 56 heavy (non-hydrogen) atoms. The number of hydrogen-bond acceptors (Lipinski definition) is 10. The molecule has 17 heteroatoms. The number of piperidine rings is 1. The van der Waals surface area contributed by atoms with Crippen LogP contribution < -0.4 is 21.7 Å². The van der Waals surface area contributed by atoms with Gasteiger partial charge in [0.15, 0.2) is 5.82 Å². The average Bonchev–Trinajstić information content (AvgIpc) is 3.96. The van der Waals surface area contributed by atoms with Crippen molar-refractivity contribution >= 4 is 47.4 Å². The van der Waals surface area contributed by atoms with Gasteiger partial charge in [-0.15, -0.1) is 0 Å². The molecule has 0 saturated carbocycles. The summed E-state index contributed by atoms with van der Waals surface area (Å²) in [5, 5.41) is 11.2. The summed E-state index contributed by atoms with van der Waals surface area (Å²) < 4.78 is 10.4. The van der Waals surface area contributed by atoms with Gasteiger partial charge < -0.3 is 40.3 Å². The lowest BCUT2D eigenvalue weighted by Gasteiger charge is -2.38. The van der Waals surface area contributed by atoms with Crippen molar-refractivity contribution in [1.29, 1.82) is 0 Å². The number of cyclic esters (lactones) is 1. The van der Waals surface area contributed by atoms with Gasteiger partial charge in [-0.25, -0.2) is 9.59 Å². The summed E-state index contributed by atoms with van der Waals surface area (Å²) >= 11 is 0. The first-order valence-electron chi connectivity index (χ1n) is 19.3. The Morgan fingerprint density at radius 2 is 1.50 bits per heavy atom. The highest BCUT2D eigenvalue weighted by atomic mass is 16.5. The minimum absolute atomic E-state index is 0.00347. The molecule has 1 aromatic heterocycles. The van der Waals surface area contributed by atoms with E-state index in [0.29, 0.717) is 51.1 Å². The molecular formula is C39H56N8O9. The predicted molar refractivity (Wildman–Crippen MR) is 205 cm³/mol. The number of rotatable bonds is 3. The Kier molecular flexibility index (Phi) is 15.4. The first kappa shape index (κ1) is 43.3. The van der Waals surface area contributed by atoms with Gasteiger partial charge in [-0.2, -0.15) is 0 Å². The van der Waals surface area contributed by atoms with E-state index in [1.165, 1.54) is 10.5 Å². The third-order valence-electron chi connectivity index (χ3n) is 9.90. The van der Waals surface area contributed by atoms with Crippen LogP contribution in [0.5, 0.6) is 0 Å². The molecule has 4 unspecified atom stereocenters. The maximum atomic E-state index is 13.4. The smallest absolute Gasteiger partial charge is 0.328 e. The number of anilines is 1. The summed E-state index contributed by atoms with van der Waals surface area (Å²) in [5.74, 6) is -1.33. The van der Waals surface area contributed by atoms with E-state index in [0.717, 1.165) is 19.3 Å². The summed E-state index contributed by atoms with van der Waals surface area (Å²) in [6.07, 6.45) is 4.59. The Hall–Kier alpha value is -5.48. The molecule has 306 valence electrons. The number of amides is 7. The van der Waals surface area contributed by atoms with Crippen LogP contribution in [0.15, 0.2) is 40.9 Å². The van der Waals surface area contributed by atoms with Gasteiger partial charge in [-0.3, -0.25) is 29.3 Å².